The van der Waals surface area contributed by atoms with Crippen molar-refractivity contribution in [1.82, 2.24) is 8.43 Å². The van der Waals surface area contributed by atoms with Crippen molar-refractivity contribution in [3.05, 3.63) is 11.5 Å². The molecule has 1 aliphatic rings. The number of nitrogens with two attached hydrogens (primary N) is 1. The summed E-state index contributed by atoms with van der Waals surface area (Å²) in [5, 5.41) is 0. The van der Waals surface area contributed by atoms with Gasteiger partial charge in [-0.2, -0.15) is 0 Å². The monoisotopic (exact) mass is 255 g/mol. The summed E-state index contributed by atoms with van der Waals surface area (Å²) in [5.41, 5.74) is 6.63. The second-order valence-electron chi connectivity index (χ2n) is 2.13. The van der Waals surface area contributed by atoms with Gasteiger partial charge in [0.25, 0.3) is 0 Å². The Balaban J connectivity index is 2.72. The Morgan fingerprint density at radius 2 is 2.50 bits per heavy atom. The Hall–Kier alpha value is -0.170. The van der Waals surface area contributed by atoms with Crippen molar-refractivity contribution >= 4 is 22.9 Å². The molecule has 0 aromatic carbocycles. The molecule has 0 aromatic heterocycles. The Kier molecular flexibility index (Phi) is 2.61. The highest BCUT2D eigenvalue weighted by atomic mass is 127. The lowest BCUT2D eigenvalue weighted by Crippen LogP contribution is -2.35. The van der Waals surface area contributed by atoms with Crippen molar-refractivity contribution in [2.45, 2.75) is 0 Å². The van der Waals surface area contributed by atoms with Crippen LogP contribution in [0.1, 0.15) is 0 Å². The number of nitrogens with zero attached hydrogens (tertiary/aromatic N) is 1. The topological polar surface area (TPSA) is 50.5 Å². The number of nitrogens with one attached hydrogen (secondary N) is 1. The summed E-state index contributed by atoms with van der Waals surface area (Å²) in [4.78, 5) is 1.85. The van der Waals surface area contributed by atoms with E-state index in [1.54, 1.807) is 0 Å². The molecule has 0 aliphatic carbocycles. The van der Waals surface area contributed by atoms with Crippen LogP contribution in [0.5, 0.6) is 0 Å². The minimum atomic E-state index is 0.577. The van der Waals surface area contributed by atoms with Gasteiger partial charge in [0.15, 0.2) is 0 Å². The van der Waals surface area contributed by atoms with Crippen LogP contribution in [-0.2, 0) is 4.74 Å². The molecule has 0 aromatic rings. The molecule has 1 rings (SSSR count). The van der Waals surface area contributed by atoms with Crippen molar-refractivity contribution < 1.29 is 4.74 Å². The predicted molar refractivity (Wildman–Crippen MR) is 47.0 cm³/mol. The SMILES string of the molecule is CN1COCC(NI)=C1N. The molecule has 58 valence electrons. The molecule has 0 atom stereocenters. The van der Waals surface area contributed by atoms with E-state index in [0.29, 0.717) is 13.3 Å². The lowest BCUT2D eigenvalue weighted by Gasteiger charge is -2.26. The largest absolute Gasteiger partial charge is 0.384 e. The van der Waals surface area contributed by atoms with Gasteiger partial charge in [-0.25, -0.2) is 0 Å². The third kappa shape index (κ3) is 1.46. The van der Waals surface area contributed by atoms with E-state index in [9.17, 15) is 0 Å². The minimum Gasteiger partial charge on any atom is -0.384 e. The molecule has 0 saturated heterocycles. The maximum absolute atomic E-state index is 5.69. The van der Waals surface area contributed by atoms with Crippen LogP contribution in [0, 0.1) is 0 Å². The lowest BCUT2D eigenvalue weighted by molar-refractivity contribution is 0.0518. The van der Waals surface area contributed by atoms with Gasteiger partial charge in [0.05, 0.1) is 35.2 Å². The molecule has 4 nitrogen and oxygen atoms in total. The Morgan fingerprint density at radius 3 is 3.00 bits per heavy atom. The van der Waals surface area contributed by atoms with Gasteiger partial charge in [0, 0.05) is 7.05 Å². The summed E-state index contributed by atoms with van der Waals surface area (Å²) in [5.74, 6) is 0.764. The number of ether oxygens (including phenoxy) is 1. The molecule has 0 fully saturated rings. The van der Waals surface area contributed by atoms with E-state index < -0.39 is 0 Å². The molecule has 1 aliphatic heterocycles. The normalized spacial score (nSPS) is 19.6. The van der Waals surface area contributed by atoms with Crippen LogP contribution < -0.4 is 9.26 Å². The van der Waals surface area contributed by atoms with Gasteiger partial charge in [0.2, 0.25) is 0 Å². The number of hydrogen-bond acceptors (Lipinski definition) is 4. The third-order valence-electron chi connectivity index (χ3n) is 1.37. The van der Waals surface area contributed by atoms with E-state index >= 15 is 0 Å². The van der Waals surface area contributed by atoms with Gasteiger partial charge in [-0.15, -0.1) is 0 Å². The van der Waals surface area contributed by atoms with Gasteiger partial charge >= 0.3 is 0 Å². The fourth-order valence-electron chi connectivity index (χ4n) is 0.734. The van der Waals surface area contributed by atoms with Crippen molar-refractivity contribution in [3.63, 3.8) is 0 Å². The van der Waals surface area contributed by atoms with Crippen LogP contribution in [0.2, 0.25) is 0 Å². The highest BCUT2D eigenvalue weighted by Gasteiger charge is 2.12. The highest BCUT2D eigenvalue weighted by Crippen LogP contribution is 2.08. The van der Waals surface area contributed by atoms with Crippen LogP contribution >= 0.6 is 22.9 Å². The fraction of sp³-hybridized carbons (Fsp3) is 0.600. The van der Waals surface area contributed by atoms with Crippen LogP contribution in [0.3, 0.4) is 0 Å². The van der Waals surface area contributed by atoms with E-state index in [2.05, 4.69) is 3.53 Å². The molecular weight excluding hydrogens is 245 g/mol. The third-order valence-corrected chi connectivity index (χ3v) is 2.02. The predicted octanol–water partition coefficient (Wildman–Crippen LogP) is -0.0267. The quantitative estimate of drug-likeness (QED) is 0.510. The fourth-order valence-corrected chi connectivity index (χ4v) is 1.17. The average molecular weight is 255 g/mol. The first-order valence-electron chi connectivity index (χ1n) is 2.90. The molecule has 1 heterocycles. The number of rotatable bonds is 1. The zero-order valence-electron chi connectivity index (χ0n) is 5.72. The maximum atomic E-state index is 5.69. The zero-order valence-corrected chi connectivity index (χ0v) is 7.88. The van der Waals surface area contributed by atoms with Crippen LogP contribution in [-0.4, -0.2) is 25.3 Å². The number of hydrogen-bond donors (Lipinski definition) is 2. The minimum absolute atomic E-state index is 0.577. The molecular formula is C5H10IN3O. The first kappa shape index (κ1) is 7.93. The number of halogens is 1. The van der Waals surface area contributed by atoms with Gasteiger partial charge in [-0.05, 0) is 0 Å². The molecule has 10 heavy (non-hydrogen) atoms. The Morgan fingerprint density at radius 1 is 1.80 bits per heavy atom. The van der Waals surface area contributed by atoms with Gasteiger partial charge < -0.3 is 18.9 Å². The van der Waals surface area contributed by atoms with Crippen LogP contribution in [0.4, 0.5) is 0 Å². The summed E-state index contributed by atoms with van der Waals surface area (Å²) >= 11 is 2.04. The average Bonchev–Trinajstić information content (AvgIpc) is 1.95. The summed E-state index contributed by atoms with van der Waals surface area (Å²) in [6.45, 7) is 1.16. The van der Waals surface area contributed by atoms with E-state index in [1.165, 1.54) is 0 Å². The van der Waals surface area contributed by atoms with Gasteiger partial charge in [0.1, 0.15) is 12.6 Å². The van der Waals surface area contributed by atoms with E-state index in [4.69, 9.17) is 10.5 Å². The molecule has 0 radical (unpaired) electrons. The van der Waals surface area contributed by atoms with E-state index in [0.717, 1.165) is 11.5 Å². The molecule has 0 unspecified atom stereocenters. The second kappa shape index (κ2) is 3.29. The molecule has 3 N–H and O–H groups in total. The van der Waals surface area contributed by atoms with Crippen LogP contribution in [0.25, 0.3) is 0 Å². The van der Waals surface area contributed by atoms with Gasteiger partial charge in [-0.1, -0.05) is 0 Å². The van der Waals surface area contributed by atoms with Crippen molar-refractivity contribution in [2.75, 3.05) is 20.4 Å². The lowest BCUT2D eigenvalue weighted by atomic mass is 10.4. The second-order valence-corrected chi connectivity index (χ2v) is 2.67. The standard InChI is InChI=1S/C5H10IN3O/c1-9-3-10-2-4(8-6)5(9)7/h8H,2-3,7H2,1H3. The van der Waals surface area contributed by atoms with E-state index in [1.807, 2.05) is 34.8 Å². The Bertz CT molecular complexity index is 159. The maximum Gasteiger partial charge on any atom is 0.123 e. The molecule has 0 amide bonds. The molecule has 0 spiro atoms. The van der Waals surface area contributed by atoms with Crippen molar-refractivity contribution in [1.29, 1.82) is 0 Å². The van der Waals surface area contributed by atoms with Crippen molar-refractivity contribution in [3.8, 4) is 0 Å². The first-order valence-corrected chi connectivity index (χ1v) is 3.97. The summed E-state index contributed by atoms with van der Waals surface area (Å²) in [7, 11) is 1.89. The summed E-state index contributed by atoms with van der Waals surface area (Å²) in [6.07, 6.45) is 0. The van der Waals surface area contributed by atoms with Gasteiger partial charge in [-0.3, -0.25) is 0 Å². The molecule has 0 bridgehead atoms. The molecule has 0 saturated carbocycles. The first-order chi connectivity index (χ1) is 4.75. The highest BCUT2D eigenvalue weighted by molar-refractivity contribution is 14.1. The molecule has 5 heteroatoms. The van der Waals surface area contributed by atoms with Crippen LogP contribution in [0.15, 0.2) is 11.5 Å². The smallest absolute Gasteiger partial charge is 0.123 e. The zero-order chi connectivity index (χ0) is 7.56. The summed E-state index contributed by atoms with van der Waals surface area (Å²) in [6, 6.07) is 0. The van der Waals surface area contributed by atoms with Crippen molar-refractivity contribution in [2.24, 2.45) is 5.73 Å². The Labute approximate surface area is 73.9 Å². The van der Waals surface area contributed by atoms with E-state index in [-0.39, 0.29) is 0 Å². The summed E-state index contributed by atoms with van der Waals surface area (Å²) < 4.78 is 8.12.